The van der Waals surface area contributed by atoms with E-state index in [-0.39, 0.29) is 11.7 Å². The number of benzene rings is 2. The molecule has 0 saturated carbocycles. The molecule has 3 rings (SSSR count). The van der Waals surface area contributed by atoms with Gasteiger partial charge in [0.25, 0.3) is 5.91 Å². The van der Waals surface area contributed by atoms with Gasteiger partial charge in [-0.05, 0) is 56.7 Å². The Labute approximate surface area is 159 Å². The highest BCUT2D eigenvalue weighted by Crippen LogP contribution is 2.36. The first-order valence-electron chi connectivity index (χ1n) is 8.96. The summed E-state index contributed by atoms with van der Waals surface area (Å²) < 4.78 is 11.5. The van der Waals surface area contributed by atoms with Crippen LogP contribution in [0.5, 0.6) is 11.5 Å². The van der Waals surface area contributed by atoms with E-state index in [0.29, 0.717) is 23.6 Å². The molecule has 0 aromatic heterocycles. The number of hydrogen-bond donors (Lipinski definition) is 1. The topological polar surface area (TPSA) is 71.3 Å². The second kappa shape index (κ2) is 7.96. The predicted molar refractivity (Wildman–Crippen MR) is 105 cm³/mol. The number of rotatable bonds is 5. The van der Waals surface area contributed by atoms with E-state index in [2.05, 4.69) is 5.32 Å². The SMILES string of the molecule is CCOc1cc2c(cc1C=C(C#N)C(=O)Nc1cccc(C)c1)OC(C)C2. The van der Waals surface area contributed by atoms with Crippen LogP contribution in [-0.2, 0) is 11.2 Å². The van der Waals surface area contributed by atoms with Gasteiger partial charge in [0.2, 0.25) is 0 Å². The summed E-state index contributed by atoms with van der Waals surface area (Å²) in [6.45, 7) is 6.34. The normalized spacial score (nSPS) is 15.5. The minimum atomic E-state index is -0.458. The molecule has 2 aromatic rings. The number of hydrogen-bond acceptors (Lipinski definition) is 4. The first kappa shape index (κ1) is 18.5. The van der Waals surface area contributed by atoms with Crippen LogP contribution in [-0.4, -0.2) is 18.6 Å². The lowest BCUT2D eigenvalue weighted by Crippen LogP contribution is -2.13. The molecule has 0 spiro atoms. The van der Waals surface area contributed by atoms with Crippen LogP contribution in [0.3, 0.4) is 0 Å². The standard InChI is InChI=1S/C22H22N2O3/c1-4-26-20-11-16-9-15(3)27-21(16)12-17(20)10-18(13-23)22(25)24-19-7-5-6-14(2)8-19/h5-8,10-12,15H,4,9H2,1-3H3,(H,24,25). The third-order valence-electron chi connectivity index (χ3n) is 4.27. The van der Waals surface area contributed by atoms with Gasteiger partial charge in [-0.1, -0.05) is 12.1 Å². The van der Waals surface area contributed by atoms with E-state index in [0.717, 1.165) is 23.3 Å². The molecule has 0 bridgehead atoms. The molecule has 0 fully saturated rings. The van der Waals surface area contributed by atoms with E-state index in [9.17, 15) is 10.1 Å². The smallest absolute Gasteiger partial charge is 0.266 e. The second-order valence-corrected chi connectivity index (χ2v) is 6.56. The third-order valence-corrected chi connectivity index (χ3v) is 4.27. The Kier molecular flexibility index (Phi) is 5.46. The minimum Gasteiger partial charge on any atom is -0.493 e. The number of nitriles is 1. The van der Waals surface area contributed by atoms with Gasteiger partial charge in [0, 0.05) is 23.2 Å². The first-order valence-corrected chi connectivity index (χ1v) is 8.96. The summed E-state index contributed by atoms with van der Waals surface area (Å²) in [5, 5.41) is 12.3. The highest BCUT2D eigenvalue weighted by Gasteiger charge is 2.22. The van der Waals surface area contributed by atoms with Gasteiger partial charge in [-0.2, -0.15) is 5.26 Å². The minimum absolute atomic E-state index is 0.00320. The van der Waals surface area contributed by atoms with Gasteiger partial charge in [0.05, 0.1) is 6.61 Å². The van der Waals surface area contributed by atoms with Crippen LogP contribution in [0.4, 0.5) is 5.69 Å². The number of amides is 1. The number of anilines is 1. The van der Waals surface area contributed by atoms with Crippen LogP contribution < -0.4 is 14.8 Å². The summed E-state index contributed by atoms with van der Waals surface area (Å²) >= 11 is 0. The molecule has 1 aliphatic heterocycles. The lowest BCUT2D eigenvalue weighted by atomic mass is 10.0. The van der Waals surface area contributed by atoms with Crippen LogP contribution in [0.1, 0.15) is 30.5 Å². The fraction of sp³-hybridized carbons (Fsp3) is 0.273. The van der Waals surface area contributed by atoms with Crippen LogP contribution >= 0.6 is 0 Å². The van der Waals surface area contributed by atoms with Crippen molar-refractivity contribution in [2.24, 2.45) is 0 Å². The largest absolute Gasteiger partial charge is 0.493 e. The van der Waals surface area contributed by atoms with Crippen molar-refractivity contribution in [3.05, 3.63) is 58.7 Å². The van der Waals surface area contributed by atoms with E-state index in [4.69, 9.17) is 9.47 Å². The van der Waals surface area contributed by atoms with Gasteiger partial charge in [-0.25, -0.2) is 0 Å². The highest BCUT2D eigenvalue weighted by atomic mass is 16.5. The summed E-state index contributed by atoms with van der Waals surface area (Å²) in [6.07, 6.45) is 2.47. The quantitative estimate of drug-likeness (QED) is 0.637. The Hall–Kier alpha value is -3.26. The van der Waals surface area contributed by atoms with Crippen LogP contribution in [0.25, 0.3) is 6.08 Å². The van der Waals surface area contributed by atoms with E-state index >= 15 is 0 Å². The summed E-state index contributed by atoms with van der Waals surface area (Å²) in [4.78, 5) is 12.5. The average Bonchev–Trinajstić information content (AvgIpc) is 2.98. The molecule has 138 valence electrons. The van der Waals surface area contributed by atoms with Crippen molar-refractivity contribution in [2.75, 3.05) is 11.9 Å². The molecular weight excluding hydrogens is 340 g/mol. The molecule has 1 heterocycles. The molecular formula is C22H22N2O3. The van der Waals surface area contributed by atoms with Crippen molar-refractivity contribution in [1.82, 2.24) is 0 Å². The average molecular weight is 362 g/mol. The Balaban J connectivity index is 1.92. The van der Waals surface area contributed by atoms with Gasteiger partial charge in [0.1, 0.15) is 29.2 Å². The first-order chi connectivity index (χ1) is 13.0. The highest BCUT2D eigenvalue weighted by molar-refractivity contribution is 6.09. The molecule has 1 unspecified atom stereocenters. The monoisotopic (exact) mass is 362 g/mol. The Morgan fingerprint density at radius 1 is 1.41 bits per heavy atom. The molecule has 5 nitrogen and oxygen atoms in total. The Bertz CT molecular complexity index is 941. The van der Waals surface area contributed by atoms with Gasteiger partial charge in [-0.15, -0.1) is 0 Å². The number of ether oxygens (including phenoxy) is 2. The summed E-state index contributed by atoms with van der Waals surface area (Å²) in [7, 11) is 0. The molecule has 1 N–H and O–H groups in total. The Morgan fingerprint density at radius 2 is 2.22 bits per heavy atom. The van der Waals surface area contributed by atoms with Crippen molar-refractivity contribution in [1.29, 1.82) is 5.26 Å². The van der Waals surface area contributed by atoms with Crippen LogP contribution in [0, 0.1) is 18.3 Å². The molecule has 0 saturated heterocycles. The maximum atomic E-state index is 12.5. The molecule has 0 aliphatic carbocycles. The maximum absolute atomic E-state index is 12.5. The van der Waals surface area contributed by atoms with Gasteiger partial charge in [0.15, 0.2) is 0 Å². The molecule has 0 radical (unpaired) electrons. The van der Waals surface area contributed by atoms with E-state index in [1.54, 1.807) is 12.1 Å². The summed E-state index contributed by atoms with van der Waals surface area (Å²) in [5.41, 5.74) is 3.41. The molecule has 1 atom stereocenters. The van der Waals surface area contributed by atoms with Gasteiger partial charge in [-0.3, -0.25) is 4.79 Å². The fourth-order valence-electron chi connectivity index (χ4n) is 3.07. The van der Waals surface area contributed by atoms with E-state index in [1.807, 2.05) is 57.2 Å². The maximum Gasteiger partial charge on any atom is 0.266 e. The number of nitrogens with one attached hydrogen (secondary N) is 1. The Morgan fingerprint density at radius 3 is 2.93 bits per heavy atom. The van der Waals surface area contributed by atoms with Crippen molar-refractivity contribution in [2.45, 2.75) is 33.3 Å². The van der Waals surface area contributed by atoms with Gasteiger partial charge >= 0.3 is 0 Å². The number of fused-ring (bicyclic) bond motifs is 1. The number of nitrogens with zero attached hydrogens (tertiary/aromatic N) is 1. The van der Waals surface area contributed by atoms with Crippen LogP contribution in [0.2, 0.25) is 0 Å². The van der Waals surface area contributed by atoms with Crippen molar-refractivity contribution < 1.29 is 14.3 Å². The number of carbonyl (C=O) groups is 1. The zero-order valence-corrected chi connectivity index (χ0v) is 15.7. The van der Waals surface area contributed by atoms with Crippen molar-refractivity contribution in [3.8, 4) is 17.6 Å². The molecule has 1 amide bonds. The zero-order chi connectivity index (χ0) is 19.4. The zero-order valence-electron chi connectivity index (χ0n) is 15.7. The third kappa shape index (κ3) is 4.29. The lowest BCUT2D eigenvalue weighted by molar-refractivity contribution is -0.112. The van der Waals surface area contributed by atoms with Crippen molar-refractivity contribution >= 4 is 17.7 Å². The molecule has 27 heavy (non-hydrogen) atoms. The molecule has 1 aliphatic rings. The van der Waals surface area contributed by atoms with Crippen LogP contribution in [0.15, 0.2) is 42.0 Å². The number of carbonyl (C=O) groups excluding carboxylic acids is 1. The molecule has 5 heteroatoms. The van der Waals surface area contributed by atoms with E-state index < -0.39 is 5.91 Å². The predicted octanol–water partition coefficient (Wildman–Crippen LogP) is 4.26. The summed E-state index contributed by atoms with van der Waals surface area (Å²) in [5.74, 6) is 0.957. The van der Waals surface area contributed by atoms with Gasteiger partial charge < -0.3 is 14.8 Å². The summed E-state index contributed by atoms with van der Waals surface area (Å²) in [6, 6.07) is 13.2. The fourth-order valence-corrected chi connectivity index (χ4v) is 3.07. The second-order valence-electron chi connectivity index (χ2n) is 6.56. The number of aryl methyl sites for hydroxylation is 1. The van der Waals surface area contributed by atoms with E-state index in [1.165, 1.54) is 0 Å². The van der Waals surface area contributed by atoms with Crippen molar-refractivity contribution in [3.63, 3.8) is 0 Å². The lowest BCUT2D eigenvalue weighted by Gasteiger charge is -2.11. The molecule has 2 aromatic carbocycles.